The first-order chi connectivity index (χ1) is 14.0. The van der Waals surface area contributed by atoms with E-state index in [4.69, 9.17) is 8.94 Å². The molecule has 152 valence electrons. The van der Waals surface area contributed by atoms with Crippen LogP contribution in [0.4, 0.5) is 0 Å². The molecule has 2 N–H and O–H groups in total. The van der Waals surface area contributed by atoms with Gasteiger partial charge in [-0.2, -0.15) is 4.98 Å². The molecule has 3 aromatic rings. The summed E-state index contributed by atoms with van der Waals surface area (Å²) in [6.45, 7) is 4.32. The van der Waals surface area contributed by atoms with Gasteiger partial charge in [0.1, 0.15) is 0 Å². The Kier molecular flexibility index (Phi) is 6.78. The summed E-state index contributed by atoms with van der Waals surface area (Å²) in [5, 5.41) is 9.61. The van der Waals surface area contributed by atoms with Crippen LogP contribution in [0.15, 0.2) is 51.6 Å². The van der Waals surface area contributed by atoms with Crippen molar-refractivity contribution < 1.29 is 18.5 Å². The lowest BCUT2D eigenvalue weighted by atomic mass is 10.1. The molecule has 29 heavy (non-hydrogen) atoms. The van der Waals surface area contributed by atoms with Crippen molar-refractivity contribution in [2.45, 2.75) is 45.7 Å². The third-order valence-electron chi connectivity index (χ3n) is 4.44. The molecule has 0 aliphatic rings. The smallest absolute Gasteiger partial charge is 0.251 e. The summed E-state index contributed by atoms with van der Waals surface area (Å²) in [5.41, 5.74) is 1.43. The first-order valence-corrected chi connectivity index (χ1v) is 9.58. The molecule has 2 aromatic heterocycles. The van der Waals surface area contributed by atoms with Gasteiger partial charge >= 0.3 is 0 Å². The second kappa shape index (κ2) is 9.68. The van der Waals surface area contributed by atoms with E-state index in [9.17, 15) is 9.59 Å². The van der Waals surface area contributed by atoms with Gasteiger partial charge in [0.25, 0.3) is 5.91 Å². The SMILES string of the molecule is CCC(C)NC(=O)c1cccc(CNC(=O)CCc2nc(-c3ccco3)no2)c1. The van der Waals surface area contributed by atoms with E-state index < -0.39 is 0 Å². The average Bonchev–Trinajstić information content (AvgIpc) is 3.42. The first-order valence-electron chi connectivity index (χ1n) is 9.58. The number of nitrogens with one attached hydrogen (secondary N) is 2. The van der Waals surface area contributed by atoms with Gasteiger partial charge in [0.15, 0.2) is 5.76 Å². The van der Waals surface area contributed by atoms with Gasteiger partial charge in [0.05, 0.1) is 6.26 Å². The van der Waals surface area contributed by atoms with Crippen LogP contribution in [-0.2, 0) is 17.8 Å². The van der Waals surface area contributed by atoms with Gasteiger partial charge in [-0.05, 0) is 43.2 Å². The van der Waals surface area contributed by atoms with Crippen molar-refractivity contribution >= 4 is 11.8 Å². The van der Waals surface area contributed by atoms with Crippen molar-refractivity contribution in [1.82, 2.24) is 20.8 Å². The predicted octanol–water partition coefficient (Wildman–Crippen LogP) is 3.11. The van der Waals surface area contributed by atoms with Crippen LogP contribution in [0.1, 0.15) is 48.5 Å². The highest BCUT2D eigenvalue weighted by atomic mass is 16.5. The normalized spacial score (nSPS) is 11.8. The molecule has 1 aromatic carbocycles. The van der Waals surface area contributed by atoms with Crippen molar-refractivity contribution in [1.29, 1.82) is 0 Å². The van der Waals surface area contributed by atoms with Crippen LogP contribution in [0.2, 0.25) is 0 Å². The van der Waals surface area contributed by atoms with Crippen LogP contribution < -0.4 is 10.6 Å². The van der Waals surface area contributed by atoms with Crippen LogP contribution >= 0.6 is 0 Å². The second-order valence-corrected chi connectivity index (χ2v) is 6.75. The monoisotopic (exact) mass is 396 g/mol. The molecule has 0 fully saturated rings. The molecule has 1 atom stereocenters. The zero-order valence-corrected chi connectivity index (χ0v) is 16.5. The number of furan rings is 1. The van der Waals surface area contributed by atoms with Gasteiger partial charge in [-0.3, -0.25) is 9.59 Å². The number of nitrogens with zero attached hydrogens (tertiary/aromatic N) is 2. The van der Waals surface area contributed by atoms with Crippen LogP contribution in [-0.4, -0.2) is 28.0 Å². The van der Waals surface area contributed by atoms with Crippen LogP contribution in [0.25, 0.3) is 11.6 Å². The number of aryl methyl sites for hydroxylation is 1. The standard InChI is InChI=1S/C21H24N4O4/c1-3-14(2)23-21(27)16-7-4-6-15(12-16)13-22-18(26)9-10-19-24-20(25-29-19)17-8-5-11-28-17/h4-8,11-12,14H,3,9-10,13H2,1-2H3,(H,22,26)(H,23,27). The molecule has 0 saturated heterocycles. The zero-order valence-electron chi connectivity index (χ0n) is 16.5. The minimum absolute atomic E-state index is 0.115. The van der Waals surface area contributed by atoms with Crippen LogP contribution in [0.5, 0.6) is 0 Å². The number of hydrogen-bond acceptors (Lipinski definition) is 6. The summed E-state index contributed by atoms with van der Waals surface area (Å²) < 4.78 is 10.3. The van der Waals surface area contributed by atoms with Crippen LogP contribution in [0.3, 0.4) is 0 Å². The van der Waals surface area contributed by atoms with Gasteiger partial charge < -0.3 is 19.6 Å². The number of amides is 2. The fourth-order valence-corrected chi connectivity index (χ4v) is 2.60. The van der Waals surface area contributed by atoms with E-state index in [2.05, 4.69) is 20.8 Å². The number of aromatic nitrogens is 2. The summed E-state index contributed by atoms with van der Waals surface area (Å²) in [5.74, 6) is 0.989. The largest absolute Gasteiger partial charge is 0.461 e. The Balaban J connectivity index is 1.47. The molecule has 0 aliphatic carbocycles. The quantitative estimate of drug-likeness (QED) is 0.575. The van der Waals surface area contributed by atoms with E-state index >= 15 is 0 Å². The second-order valence-electron chi connectivity index (χ2n) is 6.75. The molecule has 3 rings (SSSR count). The molecule has 0 aliphatic heterocycles. The molecule has 0 spiro atoms. The lowest BCUT2D eigenvalue weighted by Gasteiger charge is -2.12. The Morgan fingerprint density at radius 3 is 2.83 bits per heavy atom. The van der Waals surface area contributed by atoms with E-state index in [0.29, 0.717) is 36.0 Å². The molecule has 8 heteroatoms. The third-order valence-corrected chi connectivity index (χ3v) is 4.44. The summed E-state index contributed by atoms with van der Waals surface area (Å²) in [6, 6.07) is 10.8. The van der Waals surface area contributed by atoms with Crippen molar-refractivity contribution in [2.75, 3.05) is 0 Å². The van der Waals surface area contributed by atoms with Gasteiger partial charge in [-0.15, -0.1) is 0 Å². The molecular formula is C21H24N4O4. The highest BCUT2D eigenvalue weighted by Crippen LogP contribution is 2.16. The number of benzene rings is 1. The van der Waals surface area contributed by atoms with E-state index in [1.54, 1.807) is 24.3 Å². The van der Waals surface area contributed by atoms with E-state index in [-0.39, 0.29) is 24.3 Å². The van der Waals surface area contributed by atoms with Gasteiger partial charge in [-0.25, -0.2) is 0 Å². The van der Waals surface area contributed by atoms with Crippen molar-refractivity contribution in [3.63, 3.8) is 0 Å². The highest BCUT2D eigenvalue weighted by Gasteiger charge is 2.13. The Hall–Kier alpha value is -3.42. The zero-order chi connectivity index (χ0) is 20.6. The van der Waals surface area contributed by atoms with Crippen LogP contribution in [0, 0.1) is 0 Å². The maximum absolute atomic E-state index is 12.2. The Bertz CT molecular complexity index is 949. The van der Waals surface area contributed by atoms with Gasteiger partial charge in [-0.1, -0.05) is 24.2 Å². The maximum Gasteiger partial charge on any atom is 0.251 e. The number of carbonyl (C=O) groups excluding carboxylic acids is 2. The molecule has 2 amide bonds. The minimum atomic E-state index is -0.141. The van der Waals surface area contributed by atoms with Gasteiger partial charge in [0.2, 0.25) is 17.6 Å². The lowest BCUT2D eigenvalue weighted by molar-refractivity contribution is -0.121. The summed E-state index contributed by atoms with van der Waals surface area (Å²) >= 11 is 0. The topological polar surface area (TPSA) is 110 Å². The molecule has 1 unspecified atom stereocenters. The third kappa shape index (κ3) is 5.78. The Morgan fingerprint density at radius 2 is 2.07 bits per heavy atom. The predicted molar refractivity (Wildman–Crippen MR) is 106 cm³/mol. The lowest BCUT2D eigenvalue weighted by Crippen LogP contribution is -2.32. The minimum Gasteiger partial charge on any atom is -0.461 e. The van der Waals surface area contributed by atoms with E-state index in [1.807, 2.05) is 26.0 Å². The average molecular weight is 396 g/mol. The fourth-order valence-electron chi connectivity index (χ4n) is 2.60. The fraction of sp³-hybridized carbons (Fsp3) is 0.333. The molecule has 0 radical (unpaired) electrons. The molecule has 0 bridgehead atoms. The molecular weight excluding hydrogens is 372 g/mol. The number of carbonyl (C=O) groups is 2. The first kappa shape index (κ1) is 20.3. The van der Waals surface area contributed by atoms with Crippen molar-refractivity contribution in [3.05, 3.63) is 59.7 Å². The maximum atomic E-state index is 12.2. The van der Waals surface area contributed by atoms with Crippen molar-refractivity contribution in [2.24, 2.45) is 0 Å². The summed E-state index contributed by atoms with van der Waals surface area (Å²) in [4.78, 5) is 28.6. The number of rotatable bonds is 9. The molecule has 2 heterocycles. The van der Waals surface area contributed by atoms with E-state index in [1.165, 1.54) is 6.26 Å². The number of hydrogen-bond donors (Lipinski definition) is 2. The van der Waals surface area contributed by atoms with Gasteiger partial charge in [0, 0.05) is 31.0 Å². The highest BCUT2D eigenvalue weighted by molar-refractivity contribution is 5.94. The summed E-state index contributed by atoms with van der Waals surface area (Å²) in [7, 11) is 0. The Morgan fingerprint density at radius 1 is 1.21 bits per heavy atom. The molecule has 8 nitrogen and oxygen atoms in total. The van der Waals surface area contributed by atoms with E-state index in [0.717, 1.165) is 12.0 Å². The molecule has 0 saturated carbocycles. The van der Waals surface area contributed by atoms with Crippen molar-refractivity contribution in [3.8, 4) is 11.6 Å². The summed E-state index contributed by atoms with van der Waals surface area (Å²) in [6.07, 6.45) is 2.94. The Labute approximate surface area is 168 Å².